The third-order valence-electron chi connectivity index (χ3n) is 7.38. The lowest BCUT2D eigenvalue weighted by molar-refractivity contribution is 0.221. The topological polar surface area (TPSA) is 24.5 Å². The number of nitrogens with zero attached hydrogens (tertiary/aromatic N) is 1. The zero-order valence-electron chi connectivity index (χ0n) is 18.5. The molecule has 0 spiro atoms. The first-order valence-electron chi connectivity index (χ1n) is 11.1. The highest BCUT2D eigenvalue weighted by atomic mass is 28.4. The molecule has 1 N–H and O–H groups in total. The van der Waals surface area contributed by atoms with Crippen LogP contribution in [0.4, 0.5) is 10.1 Å². The van der Waals surface area contributed by atoms with E-state index in [1.165, 1.54) is 25.7 Å². The monoisotopic (exact) mass is 406 g/mol. The van der Waals surface area contributed by atoms with Crippen LogP contribution in [0.1, 0.15) is 52.0 Å². The second-order valence-corrected chi connectivity index (χ2v) is 15.0. The number of anilines is 1. The average Bonchev–Trinajstić information content (AvgIpc) is 2.67. The molecule has 158 valence electrons. The van der Waals surface area contributed by atoms with Gasteiger partial charge in [-0.1, -0.05) is 32.9 Å². The van der Waals surface area contributed by atoms with Crippen molar-refractivity contribution < 1.29 is 8.82 Å². The zero-order chi connectivity index (χ0) is 20.4. The van der Waals surface area contributed by atoms with Gasteiger partial charge in [-0.15, -0.1) is 0 Å². The van der Waals surface area contributed by atoms with Crippen LogP contribution in [-0.2, 0) is 11.0 Å². The fourth-order valence-electron chi connectivity index (χ4n) is 4.32. The van der Waals surface area contributed by atoms with Crippen LogP contribution in [0.5, 0.6) is 0 Å². The maximum absolute atomic E-state index is 15.3. The molecule has 0 atom stereocenters. The predicted molar refractivity (Wildman–Crippen MR) is 119 cm³/mol. The maximum atomic E-state index is 15.3. The Kier molecular flexibility index (Phi) is 6.88. The molecule has 0 aliphatic carbocycles. The Morgan fingerprint density at radius 1 is 1.07 bits per heavy atom. The van der Waals surface area contributed by atoms with Crippen LogP contribution in [0.25, 0.3) is 0 Å². The lowest BCUT2D eigenvalue weighted by Crippen LogP contribution is -2.40. The van der Waals surface area contributed by atoms with Gasteiger partial charge in [-0.3, -0.25) is 0 Å². The molecule has 2 saturated heterocycles. The van der Waals surface area contributed by atoms with E-state index in [0.717, 1.165) is 43.7 Å². The molecular weight excluding hydrogens is 367 g/mol. The molecule has 2 aliphatic heterocycles. The molecule has 1 aromatic carbocycles. The molecule has 28 heavy (non-hydrogen) atoms. The van der Waals surface area contributed by atoms with E-state index in [9.17, 15) is 0 Å². The first-order valence-corrected chi connectivity index (χ1v) is 14.0. The van der Waals surface area contributed by atoms with Crippen molar-refractivity contribution in [2.45, 2.75) is 71.2 Å². The summed E-state index contributed by atoms with van der Waals surface area (Å²) in [7, 11) is -1.88. The summed E-state index contributed by atoms with van der Waals surface area (Å²) in [5.41, 5.74) is 1.46. The molecule has 0 radical (unpaired) electrons. The van der Waals surface area contributed by atoms with Crippen LogP contribution in [0, 0.1) is 17.7 Å². The van der Waals surface area contributed by atoms with Crippen LogP contribution in [-0.4, -0.2) is 34.5 Å². The quantitative estimate of drug-likeness (QED) is 0.648. The normalized spacial score (nSPS) is 20.6. The van der Waals surface area contributed by atoms with Crippen molar-refractivity contribution in [1.82, 2.24) is 5.32 Å². The van der Waals surface area contributed by atoms with Gasteiger partial charge in [0.1, 0.15) is 0 Å². The molecule has 0 unspecified atom stereocenters. The fourth-order valence-corrected chi connectivity index (χ4v) is 5.27. The third kappa shape index (κ3) is 4.98. The van der Waals surface area contributed by atoms with E-state index in [2.05, 4.69) is 44.1 Å². The van der Waals surface area contributed by atoms with E-state index < -0.39 is 8.32 Å². The number of benzene rings is 1. The summed E-state index contributed by atoms with van der Waals surface area (Å²) in [5, 5.41) is 3.60. The van der Waals surface area contributed by atoms with E-state index in [4.69, 9.17) is 4.43 Å². The Bertz CT molecular complexity index is 644. The second kappa shape index (κ2) is 8.84. The zero-order valence-corrected chi connectivity index (χ0v) is 19.5. The summed E-state index contributed by atoms with van der Waals surface area (Å²) in [6, 6.07) is 5.81. The summed E-state index contributed by atoms with van der Waals surface area (Å²) in [4.78, 5) is 2.25. The van der Waals surface area contributed by atoms with Crippen LogP contribution >= 0.6 is 0 Å². The van der Waals surface area contributed by atoms with Gasteiger partial charge >= 0.3 is 0 Å². The van der Waals surface area contributed by atoms with Crippen molar-refractivity contribution in [3.05, 3.63) is 29.6 Å². The van der Waals surface area contributed by atoms with Gasteiger partial charge in [-0.25, -0.2) is 4.39 Å². The largest absolute Gasteiger partial charge is 0.412 e. The van der Waals surface area contributed by atoms with E-state index in [0.29, 0.717) is 12.2 Å². The molecule has 2 heterocycles. The minimum absolute atomic E-state index is 0.0819. The van der Waals surface area contributed by atoms with E-state index in [1.54, 1.807) is 0 Å². The SMILES string of the molecule is CC(C)(C)[Si](C)(C)OCc1cccc(N2CCC(C3CCNCC3)CC2)c1F. The highest BCUT2D eigenvalue weighted by Gasteiger charge is 2.37. The van der Waals surface area contributed by atoms with Gasteiger partial charge in [-0.2, -0.15) is 0 Å². The van der Waals surface area contributed by atoms with Gasteiger partial charge in [0.2, 0.25) is 0 Å². The lowest BCUT2D eigenvalue weighted by Gasteiger charge is -2.39. The number of hydrogen-bond acceptors (Lipinski definition) is 3. The van der Waals surface area contributed by atoms with Crippen molar-refractivity contribution in [1.29, 1.82) is 0 Å². The Morgan fingerprint density at radius 3 is 2.29 bits per heavy atom. The highest BCUT2D eigenvalue weighted by molar-refractivity contribution is 6.74. The van der Waals surface area contributed by atoms with Crippen molar-refractivity contribution in [3.63, 3.8) is 0 Å². The standard InChI is InChI=1S/C23H39FN2OSi/c1-23(2,3)28(4,5)27-17-20-7-6-8-21(22(20)24)26-15-11-19(12-16-26)18-9-13-25-14-10-18/h6-8,18-19,25H,9-17H2,1-5H3. The van der Waals surface area contributed by atoms with Gasteiger partial charge in [0.25, 0.3) is 0 Å². The Morgan fingerprint density at radius 2 is 1.68 bits per heavy atom. The maximum Gasteiger partial charge on any atom is 0.192 e. The summed E-state index contributed by atoms with van der Waals surface area (Å²) in [5.74, 6) is 1.59. The summed E-state index contributed by atoms with van der Waals surface area (Å²) >= 11 is 0. The number of hydrogen-bond donors (Lipinski definition) is 1. The van der Waals surface area contributed by atoms with Crippen molar-refractivity contribution in [2.75, 3.05) is 31.1 Å². The van der Waals surface area contributed by atoms with Gasteiger partial charge < -0.3 is 14.6 Å². The van der Waals surface area contributed by atoms with Gasteiger partial charge in [0.05, 0.1) is 12.3 Å². The number of piperidine rings is 2. The first-order chi connectivity index (χ1) is 13.2. The van der Waals surface area contributed by atoms with Gasteiger partial charge in [-0.05, 0) is 74.8 Å². The predicted octanol–water partition coefficient (Wildman–Crippen LogP) is 5.56. The van der Waals surface area contributed by atoms with E-state index >= 15 is 4.39 Å². The second-order valence-electron chi connectivity index (χ2n) is 10.2. The first kappa shape index (κ1) is 21.8. The summed E-state index contributed by atoms with van der Waals surface area (Å²) in [6.07, 6.45) is 4.99. The molecule has 0 amide bonds. The Hall–Kier alpha value is -0.913. The summed E-state index contributed by atoms with van der Waals surface area (Å²) < 4.78 is 21.5. The Balaban J connectivity index is 1.62. The van der Waals surface area contributed by atoms with Gasteiger partial charge in [0.15, 0.2) is 14.1 Å². The number of halogens is 1. The van der Waals surface area contributed by atoms with Crippen molar-refractivity contribution in [2.24, 2.45) is 11.8 Å². The molecule has 2 aliphatic rings. The number of nitrogens with one attached hydrogen (secondary N) is 1. The molecular formula is C23H39FN2OSi. The molecule has 1 aromatic rings. The summed E-state index contributed by atoms with van der Waals surface area (Å²) in [6.45, 7) is 15.7. The lowest BCUT2D eigenvalue weighted by atomic mass is 9.79. The van der Waals surface area contributed by atoms with Crippen LogP contribution in [0.2, 0.25) is 18.1 Å². The Labute approximate surface area is 172 Å². The molecule has 3 rings (SSSR count). The van der Waals surface area contributed by atoms with Crippen molar-refractivity contribution >= 4 is 14.0 Å². The minimum Gasteiger partial charge on any atom is -0.412 e. The molecule has 2 fully saturated rings. The van der Waals surface area contributed by atoms with Crippen LogP contribution in [0.3, 0.4) is 0 Å². The van der Waals surface area contributed by atoms with Gasteiger partial charge in [0, 0.05) is 18.7 Å². The van der Waals surface area contributed by atoms with E-state index in [-0.39, 0.29) is 10.9 Å². The number of rotatable bonds is 5. The molecule has 3 nitrogen and oxygen atoms in total. The minimum atomic E-state index is -1.88. The van der Waals surface area contributed by atoms with Crippen LogP contribution in [0.15, 0.2) is 18.2 Å². The highest BCUT2D eigenvalue weighted by Crippen LogP contribution is 2.38. The molecule has 0 bridgehead atoms. The smallest absolute Gasteiger partial charge is 0.192 e. The van der Waals surface area contributed by atoms with Crippen molar-refractivity contribution in [3.8, 4) is 0 Å². The molecule has 0 aromatic heterocycles. The molecule has 0 saturated carbocycles. The van der Waals surface area contributed by atoms with Crippen LogP contribution < -0.4 is 10.2 Å². The van der Waals surface area contributed by atoms with E-state index in [1.807, 2.05) is 18.2 Å². The third-order valence-corrected chi connectivity index (χ3v) is 11.9. The average molecular weight is 407 g/mol. The molecule has 5 heteroatoms. The fraction of sp³-hybridized carbons (Fsp3) is 0.739.